The second kappa shape index (κ2) is 3.96. The minimum atomic E-state index is -0.0341. The third kappa shape index (κ3) is 2.25. The molecule has 0 spiro atoms. The Morgan fingerprint density at radius 3 is 3.00 bits per heavy atom. The summed E-state index contributed by atoms with van der Waals surface area (Å²) in [6.07, 6.45) is 12.2. The summed E-state index contributed by atoms with van der Waals surface area (Å²) in [5.41, 5.74) is 6.16. The highest BCUT2D eigenvalue weighted by Gasteiger charge is 2.30. The number of hydrogen-bond donors (Lipinski definition) is 1. The summed E-state index contributed by atoms with van der Waals surface area (Å²) in [5, 5.41) is 0. The predicted octanol–water partition coefficient (Wildman–Crippen LogP) is 2.31. The first-order valence-corrected chi connectivity index (χ1v) is 4.92. The molecule has 0 aromatic rings. The van der Waals surface area contributed by atoms with E-state index in [1.165, 1.54) is 19.3 Å². The molecule has 1 nitrogen and oxygen atoms in total. The van der Waals surface area contributed by atoms with Crippen LogP contribution in [0, 0.1) is 18.3 Å². The molecule has 1 aliphatic rings. The van der Waals surface area contributed by atoms with Crippen LogP contribution in [-0.2, 0) is 0 Å². The van der Waals surface area contributed by atoms with Crippen molar-refractivity contribution in [1.82, 2.24) is 0 Å². The Hall–Kier alpha value is -0.480. The lowest BCUT2D eigenvalue weighted by Crippen LogP contribution is -2.43. The first kappa shape index (κ1) is 9.61. The van der Waals surface area contributed by atoms with Crippen molar-refractivity contribution in [2.45, 2.75) is 51.0 Å². The summed E-state index contributed by atoms with van der Waals surface area (Å²) in [5.74, 6) is 3.51. The second-order valence-corrected chi connectivity index (χ2v) is 4.11. The van der Waals surface area contributed by atoms with Gasteiger partial charge in [-0.05, 0) is 18.8 Å². The average molecular weight is 165 g/mol. The molecule has 12 heavy (non-hydrogen) atoms. The Labute approximate surface area is 75.7 Å². The summed E-state index contributed by atoms with van der Waals surface area (Å²) in [6.45, 7) is 2.24. The van der Waals surface area contributed by atoms with Crippen molar-refractivity contribution >= 4 is 0 Å². The van der Waals surface area contributed by atoms with Crippen molar-refractivity contribution in [3.63, 3.8) is 0 Å². The van der Waals surface area contributed by atoms with Gasteiger partial charge in [0, 0.05) is 12.0 Å². The molecule has 0 aliphatic heterocycles. The molecule has 1 aliphatic carbocycles. The van der Waals surface area contributed by atoms with Crippen LogP contribution in [0.15, 0.2) is 0 Å². The molecule has 2 N–H and O–H groups in total. The first-order chi connectivity index (χ1) is 5.70. The summed E-state index contributed by atoms with van der Waals surface area (Å²) in [6, 6.07) is 0. The molecule has 0 aromatic carbocycles. The number of terminal acetylenes is 1. The minimum Gasteiger partial charge on any atom is -0.324 e. The molecule has 2 unspecified atom stereocenters. The van der Waals surface area contributed by atoms with Gasteiger partial charge in [-0.1, -0.05) is 26.2 Å². The van der Waals surface area contributed by atoms with Gasteiger partial charge in [0.05, 0.1) is 0 Å². The van der Waals surface area contributed by atoms with Gasteiger partial charge in [-0.3, -0.25) is 0 Å². The third-order valence-corrected chi connectivity index (χ3v) is 3.01. The maximum atomic E-state index is 6.19. The molecule has 0 aromatic heterocycles. The topological polar surface area (TPSA) is 26.0 Å². The zero-order chi connectivity index (χ0) is 9.03. The largest absolute Gasteiger partial charge is 0.324 e. The molecule has 0 amide bonds. The molecule has 1 rings (SSSR count). The molecule has 1 fully saturated rings. The number of hydrogen-bond acceptors (Lipinski definition) is 1. The van der Waals surface area contributed by atoms with Gasteiger partial charge in [-0.25, -0.2) is 0 Å². The fraction of sp³-hybridized carbons (Fsp3) is 0.818. The molecule has 1 saturated carbocycles. The van der Waals surface area contributed by atoms with Crippen LogP contribution in [-0.4, -0.2) is 5.54 Å². The van der Waals surface area contributed by atoms with E-state index in [1.807, 2.05) is 0 Å². The summed E-state index contributed by atoms with van der Waals surface area (Å²) >= 11 is 0. The van der Waals surface area contributed by atoms with E-state index in [4.69, 9.17) is 12.2 Å². The highest BCUT2D eigenvalue weighted by Crippen LogP contribution is 2.34. The zero-order valence-corrected chi connectivity index (χ0v) is 7.97. The lowest BCUT2D eigenvalue weighted by Gasteiger charge is -2.36. The molecular weight excluding hydrogens is 146 g/mol. The lowest BCUT2D eigenvalue weighted by molar-refractivity contribution is 0.223. The summed E-state index contributed by atoms with van der Waals surface area (Å²) < 4.78 is 0. The Bertz CT molecular complexity index is 180. The van der Waals surface area contributed by atoms with Crippen LogP contribution < -0.4 is 5.73 Å². The van der Waals surface area contributed by atoms with E-state index in [2.05, 4.69) is 12.8 Å². The lowest BCUT2D eigenvalue weighted by atomic mass is 9.74. The first-order valence-electron chi connectivity index (χ1n) is 4.92. The summed E-state index contributed by atoms with van der Waals surface area (Å²) in [4.78, 5) is 0. The van der Waals surface area contributed by atoms with Crippen molar-refractivity contribution in [2.75, 3.05) is 0 Å². The monoisotopic (exact) mass is 165 g/mol. The van der Waals surface area contributed by atoms with Crippen LogP contribution >= 0.6 is 0 Å². The zero-order valence-electron chi connectivity index (χ0n) is 7.97. The SMILES string of the molecule is C#CCC1(N)CCCC(CC)C1. The molecule has 0 saturated heterocycles. The van der Waals surface area contributed by atoms with Gasteiger partial charge in [0.15, 0.2) is 0 Å². The Balaban J connectivity index is 2.49. The van der Waals surface area contributed by atoms with Crippen LogP contribution in [0.5, 0.6) is 0 Å². The van der Waals surface area contributed by atoms with Gasteiger partial charge in [0.2, 0.25) is 0 Å². The smallest absolute Gasteiger partial charge is 0.0267 e. The molecule has 68 valence electrons. The van der Waals surface area contributed by atoms with Gasteiger partial charge in [-0.2, -0.15) is 0 Å². The summed E-state index contributed by atoms with van der Waals surface area (Å²) in [7, 11) is 0. The highest BCUT2D eigenvalue weighted by atomic mass is 14.7. The molecule has 0 radical (unpaired) electrons. The van der Waals surface area contributed by atoms with E-state index in [1.54, 1.807) is 0 Å². The minimum absolute atomic E-state index is 0.0341. The average Bonchev–Trinajstić information content (AvgIpc) is 2.04. The van der Waals surface area contributed by atoms with Crippen LogP contribution in [0.2, 0.25) is 0 Å². The maximum Gasteiger partial charge on any atom is 0.0267 e. The van der Waals surface area contributed by atoms with Crippen LogP contribution in [0.3, 0.4) is 0 Å². The fourth-order valence-electron chi connectivity index (χ4n) is 2.23. The molecule has 2 atom stereocenters. The van der Waals surface area contributed by atoms with Gasteiger partial charge in [0.1, 0.15) is 0 Å². The standard InChI is InChI=1S/C11H19N/c1-3-7-11(12)8-5-6-10(4-2)9-11/h1,10H,4-9,12H2,2H3. The second-order valence-electron chi connectivity index (χ2n) is 4.11. The van der Waals surface area contributed by atoms with Crippen molar-refractivity contribution in [2.24, 2.45) is 11.7 Å². The van der Waals surface area contributed by atoms with Gasteiger partial charge < -0.3 is 5.73 Å². The van der Waals surface area contributed by atoms with E-state index in [9.17, 15) is 0 Å². The molecule has 1 heteroatoms. The van der Waals surface area contributed by atoms with Gasteiger partial charge >= 0.3 is 0 Å². The van der Waals surface area contributed by atoms with E-state index < -0.39 is 0 Å². The third-order valence-electron chi connectivity index (χ3n) is 3.01. The van der Waals surface area contributed by atoms with Crippen LogP contribution in [0.4, 0.5) is 0 Å². The predicted molar refractivity (Wildman–Crippen MR) is 52.6 cm³/mol. The highest BCUT2D eigenvalue weighted by molar-refractivity contribution is 5.00. The Morgan fingerprint density at radius 2 is 2.42 bits per heavy atom. The van der Waals surface area contributed by atoms with E-state index in [0.29, 0.717) is 0 Å². The van der Waals surface area contributed by atoms with Crippen molar-refractivity contribution < 1.29 is 0 Å². The maximum absolute atomic E-state index is 6.19. The van der Waals surface area contributed by atoms with E-state index >= 15 is 0 Å². The quantitative estimate of drug-likeness (QED) is 0.624. The fourth-order valence-corrected chi connectivity index (χ4v) is 2.23. The normalized spacial score (nSPS) is 35.9. The molecule has 0 heterocycles. The van der Waals surface area contributed by atoms with Crippen molar-refractivity contribution in [3.05, 3.63) is 0 Å². The Morgan fingerprint density at radius 1 is 1.67 bits per heavy atom. The van der Waals surface area contributed by atoms with Crippen molar-refractivity contribution in [3.8, 4) is 12.3 Å². The van der Waals surface area contributed by atoms with Crippen LogP contribution in [0.1, 0.15) is 45.4 Å². The van der Waals surface area contributed by atoms with E-state index in [0.717, 1.165) is 25.2 Å². The molecule has 0 bridgehead atoms. The molecular formula is C11H19N. The van der Waals surface area contributed by atoms with E-state index in [-0.39, 0.29) is 5.54 Å². The van der Waals surface area contributed by atoms with Crippen molar-refractivity contribution in [1.29, 1.82) is 0 Å². The van der Waals surface area contributed by atoms with Gasteiger partial charge in [0.25, 0.3) is 0 Å². The Kier molecular flexibility index (Phi) is 3.17. The number of nitrogens with two attached hydrogens (primary N) is 1. The number of rotatable bonds is 2. The van der Waals surface area contributed by atoms with Gasteiger partial charge in [-0.15, -0.1) is 12.3 Å². The van der Waals surface area contributed by atoms with Crippen LogP contribution in [0.25, 0.3) is 0 Å².